The smallest absolute Gasteiger partial charge is 0.306 e. The number of carboxylic acids is 1. The molecule has 0 N–H and O–H groups in total. The highest BCUT2D eigenvalue weighted by molar-refractivity contribution is 5.70. The second kappa shape index (κ2) is 75.0. The van der Waals surface area contributed by atoms with Gasteiger partial charge in [0.1, 0.15) is 13.2 Å². The van der Waals surface area contributed by atoms with E-state index in [9.17, 15) is 19.5 Å². The number of nitrogens with zero attached hydrogens (tertiary/aromatic N) is 1. The number of allylic oxidation sites excluding steroid dienone is 24. The van der Waals surface area contributed by atoms with Crippen molar-refractivity contribution >= 4 is 17.9 Å². The third-order valence-corrected chi connectivity index (χ3v) is 16.6. The molecule has 0 aliphatic heterocycles. The summed E-state index contributed by atoms with van der Waals surface area (Å²) < 4.78 is 22.8. The number of aliphatic carboxylic acids is 1. The fourth-order valence-electron chi connectivity index (χ4n) is 10.7. The van der Waals surface area contributed by atoms with Gasteiger partial charge in [0.25, 0.3) is 0 Å². The summed E-state index contributed by atoms with van der Waals surface area (Å²) in [5, 5.41) is 11.8. The lowest BCUT2D eigenvalue weighted by atomic mass is 10.0. The summed E-state index contributed by atoms with van der Waals surface area (Å²) in [5.41, 5.74) is 0. The predicted molar refractivity (Wildman–Crippen MR) is 407 cm³/mol. The topological polar surface area (TPSA) is 111 Å². The number of carboxylic acid groups (broad SMARTS) is 1. The molecule has 0 aliphatic rings. The molecule has 542 valence electrons. The number of carbonyl (C=O) groups is 3. The Balaban J connectivity index is 4.13. The number of rotatable bonds is 71. The zero-order chi connectivity index (χ0) is 69.0. The molecule has 0 spiro atoms. The van der Waals surface area contributed by atoms with E-state index in [1.165, 1.54) is 186 Å². The van der Waals surface area contributed by atoms with E-state index in [4.69, 9.17) is 18.9 Å². The number of esters is 2. The Hall–Kier alpha value is -4.83. The van der Waals surface area contributed by atoms with Crippen LogP contribution in [0.15, 0.2) is 146 Å². The van der Waals surface area contributed by atoms with Gasteiger partial charge >= 0.3 is 11.9 Å². The largest absolute Gasteiger partial charge is 0.545 e. The number of quaternary nitrogens is 1. The molecule has 0 heterocycles. The van der Waals surface area contributed by atoms with Crippen LogP contribution in [0.2, 0.25) is 0 Å². The first-order valence-electron chi connectivity index (χ1n) is 39.0. The van der Waals surface area contributed by atoms with Gasteiger partial charge < -0.3 is 33.3 Å². The number of carbonyl (C=O) groups excluding carboxylic acids is 3. The van der Waals surface area contributed by atoms with E-state index in [0.717, 1.165) is 103 Å². The van der Waals surface area contributed by atoms with Crippen LogP contribution in [0.3, 0.4) is 0 Å². The molecule has 0 aromatic carbocycles. The third-order valence-electron chi connectivity index (χ3n) is 16.6. The molecule has 0 amide bonds. The van der Waals surface area contributed by atoms with Crippen LogP contribution in [0.25, 0.3) is 0 Å². The maximum Gasteiger partial charge on any atom is 0.306 e. The first-order valence-corrected chi connectivity index (χ1v) is 39.0. The summed E-state index contributed by atoms with van der Waals surface area (Å²) in [6.45, 7) is 4.59. The quantitative estimate of drug-likeness (QED) is 0.0195. The Morgan fingerprint density at radius 3 is 0.916 bits per heavy atom. The fourth-order valence-corrected chi connectivity index (χ4v) is 10.7. The second-order valence-corrected chi connectivity index (χ2v) is 26.9. The third kappa shape index (κ3) is 76.4. The molecule has 2 atom stereocenters. The highest BCUT2D eigenvalue weighted by Crippen LogP contribution is 2.18. The lowest BCUT2D eigenvalue weighted by molar-refractivity contribution is -0.870. The average Bonchev–Trinajstić information content (AvgIpc) is 3.75. The molecule has 0 aliphatic carbocycles. The monoisotopic (exact) mass is 1320 g/mol. The number of hydrogen-bond donors (Lipinski definition) is 0. The summed E-state index contributed by atoms with van der Waals surface area (Å²) in [6.07, 6.45) is 107. The SMILES string of the molecule is CC/C=C\C/C=C\C/C=C\C/C=C\C/C=C\C/C=C\C/C=C\C/C=C\C/C=C\C/C=C\CCCCC(=O)OC(COC(=O)CCCCCCCCCCCCCCCCCCCCCCCCCCC/C=C\C/C=C\CCCCCCC)COC(OCC[N+](C)(C)C)C(=O)[O-]. The average molecular weight is 1320 g/mol. The Labute approximate surface area is 585 Å². The molecule has 0 radical (unpaired) electrons. The van der Waals surface area contributed by atoms with Gasteiger partial charge in [0, 0.05) is 12.8 Å². The Kier molecular flexibility index (Phi) is 71.1. The van der Waals surface area contributed by atoms with Gasteiger partial charge in [-0.15, -0.1) is 0 Å². The first-order chi connectivity index (χ1) is 46.6. The van der Waals surface area contributed by atoms with Crippen molar-refractivity contribution in [2.24, 2.45) is 0 Å². The number of unbranched alkanes of at least 4 members (excludes halogenated alkanes) is 32. The first kappa shape index (κ1) is 90.2. The van der Waals surface area contributed by atoms with E-state index >= 15 is 0 Å². The Bertz CT molecular complexity index is 2080. The van der Waals surface area contributed by atoms with Crippen LogP contribution in [0.1, 0.15) is 322 Å². The highest BCUT2D eigenvalue weighted by atomic mass is 16.7. The number of ether oxygens (including phenoxy) is 4. The standard InChI is InChI=1S/C86H145NO8/c1-6-8-10-12-14-16-18-20-22-24-26-28-30-32-34-36-38-40-41-42-43-45-46-48-50-52-54-56-58-60-62-64-66-68-70-72-74-76-83(88)93-80-82(81-94-86(85(90)91)92-79-78-87(3,4)5)95-84(89)77-75-73-71-69-67-65-63-61-59-57-55-53-51-49-47-44-39-37-35-33-31-29-27-25-23-21-19-17-15-13-11-9-7-2/h9,11,15,17-18,20-21,23-24,26-27,29,33,35,39,44,49,51,55,57,61,63,67,69,82,86H,6-8,10,12-14,16,19,22,25,28,30-32,34,36-38,40-43,45-48,50,52-54,56,58-60,62,64-66,68,70-81H2,1-5H3/b11-9-,17-15-,20-18-,23-21-,26-24-,29-27-,35-33-,44-39-,51-49-,57-55-,63-61-,69-67-. The molecule has 0 aromatic heterocycles. The van der Waals surface area contributed by atoms with Crippen molar-refractivity contribution in [1.82, 2.24) is 0 Å². The maximum absolute atomic E-state index is 12.9. The van der Waals surface area contributed by atoms with Gasteiger partial charge in [0.2, 0.25) is 0 Å². The molecule has 95 heavy (non-hydrogen) atoms. The van der Waals surface area contributed by atoms with E-state index < -0.39 is 24.3 Å². The van der Waals surface area contributed by atoms with Crippen LogP contribution in [0, 0.1) is 0 Å². The summed E-state index contributed by atoms with van der Waals surface area (Å²) in [5.74, 6) is -2.34. The second-order valence-electron chi connectivity index (χ2n) is 26.9. The van der Waals surface area contributed by atoms with Crippen LogP contribution < -0.4 is 5.11 Å². The van der Waals surface area contributed by atoms with Crippen LogP contribution in [-0.4, -0.2) is 82.3 Å². The van der Waals surface area contributed by atoms with Crippen molar-refractivity contribution in [3.05, 3.63) is 146 Å². The van der Waals surface area contributed by atoms with Gasteiger partial charge in [-0.2, -0.15) is 0 Å². The predicted octanol–water partition coefficient (Wildman–Crippen LogP) is 23.7. The van der Waals surface area contributed by atoms with Gasteiger partial charge in [0.05, 0.1) is 40.3 Å². The zero-order valence-corrected chi connectivity index (χ0v) is 62.0. The molecule has 9 nitrogen and oxygen atoms in total. The van der Waals surface area contributed by atoms with Crippen LogP contribution >= 0.6 is 0 Å². The molecule has 0 saturated heterocycles. The summed E-state index contributed by atoms with van der Waals surface area (Å²) >= 11 is 0. The van der Waals surface area contributed by atoms with Crippen LogP contribution in [0.4, 0.5) is 0 Å². The molecular weight excluding hydrogens is 1170 g/mol. The normalized spacial score (nSPS) is 13.5. The van der Waals surface area contributed by atoms with Gasteiger partial charge in [-0.3, -0.25) is 9.59 Å². The summed E-state index contributed by atoms with van der Waals surface area (Å²) in [7, 11) is 5.91. The molecule has 0 fully saturated rings. The molecule has 9 heteroatoms. The summed E-state index contributed by atoms with van der Waals surface area (Å²) in [6, 6.07) is 0. The van der Waals surface area contributed by atoms with E-state index in [1.807, 2.05) is 21.1 Å². The molecule has 0 bridgehead atoms. The molecule has 0 rings (SSSR count). The minimum atomic E-state index is -1.64. The number of hydrogen-bond acceptors (Lipinski definition) is 8. The van der Waals surface area contributed by atoms with Crippen molar-refractivity contribution in [1.29, 1.82) is 0 Å². The van der Waals surface area contributed by atoms with Gasteiger partial charge in [-0.1, -0.05) is 333 Å². The van der Waals surface area contributed by atoms with Crippen molar-refractivity contribution in [3.8, 4) is 0 Å². The van der Waals surface area contributed by atoms with Crippen LogP contribution in [0.5, 0.6) is 0 Å². The van der Waals surface area contributed by atoms with Crippen molar-refractivity contribution in [2.75, 3.05) is 47.5 Å². The van der Waals surface area contributed by atoms with Gasteiger partial charge in [-0.25, -0.2) is 0 Å². The lowest BCUT2D eigenvalue weighted by Gasteiger charge is -2.26. The Morgan fingerprint density at radius 1 is 0.326 bits per heavy atom. The summed E-state index contributed by atoms with van der Waals surface area (Å²) in [4.78, 5) is 37.6. The number of likely N-dealkylation sites (N-methyl/N-ethyl adjacent to an activating group) is 1. The molecule has 0 saturated carbocycles. The maximum atomic E-state index is 12.9. The van der Waals surface area contributed by atoms with E-state index in [2.05, 4.69) is 160 Å². The Morgan fingerprint density at radius 2 is 0.600 bits per heavy atom. The van der Waals surface area contributed by atoms with Crippen LogP contribution in [-0.2, 0) is 33.3 Å². The molecule has 0 aromatic rings. The molecule has 2 unspecified atom stereocenters. The highest BCUT2D eigenvalue weighted by Gasteiger charge is 2.22. The van der Waals surface area contributed by atoms with E-state index in [-0.39, 0.29) is 38.6 Å². The van der Waals surface area contributed by atoms with E-state index in [1.54, 1.807) is 0 Å². The minimum Gasteiger partial charge on any atom is -0.545 e. The fraction of sp³-hybridized carbons (Fsp3) is 0.686. The van der Waals surface area contributed by atoms with Crippen molar-refractivity contribution in [2.45, 2.75) is 334 Å². The molecular formula is C86H145NO8. The van der Waals surface area contributed by atoms with Crippen molar-refractivity contribution in [3.63, 3.8) is 0 Å². The van der Waals surface area contributed by atoms with E-state index in [0.29, 0.717) is 17.4 Å². The zero-order valence-electron chi connectivity index (χ0n) is 62.0. The minimum absolute atomic E-state index is 0.133. The van der Waals surface area contributed by atoms with Gasteiger partial charge in [0.15, 0.2) is 12.4 Å². The lowest BCUT2D eigenvalue weighted by Crippen LogP contribution is -2.44. The van der Waals surface area contributed by atoms with Gasteiger partial charge in [-0.05, 0) is 122 Å². The van der Waals surface area contributed by atoms with Crippen molar-refractivity contribution < 1.29 is 42.9 Å².